The first-order valence-electron chi connectivity index (χ1n) is 8.35. The van der Waals surface area contributed by atoms with Crippen molar-refractivity contribution in [2.75, 3.05) is 13.2 Å². The number of Topliss-reactive ketones (excluding diaryl/α,β-unsaturated/α-hetero) is 1. The third-order valence-corrected chi connectivity index (χ3v) is 3.96. The summed E-state index contributed by atoms with van der Waals surface area (Å²) in [5, 5.41) is 2.90. The van der Waals surface area contributed by atoms with Crippen LogP contribution in [0.3, 0.4) is 0 Å². The number of hydrogen-bond acceptors (Lipinski definition) is 3. The van der Waals surface area contributed by atoms with Crippen LogP contribution in [0.25, 0.3) is 0 Å². The lowest BCUT2D eigenvalue weighted by Crippen LogP contribution is -2.36. The number of carbonyl (C=O) groups excluding carboxylic acids is 2. The van der Waals surface area contributed by atoms with Crippen molar-refractivity contribution in [1.82, 2.24) is 5.32 Å². The van der Waals surface area contributed by atoms with Gasteiger partial charge in [-0.3, -0.25) is 9.59 Å². The molecule has 0 heterocycles. The number of ketones is 1. The Labute approximate surface area is 136 Å². The van der Waals surface area contributed by atoms with Gasteiger partial charge in [0.25, 0.3) is 0 Å². The van der Waals surface area contributed by atoms with Crippen molar-refractivity contribution in [2.24, 2.45) is 17.3 Å². The summed E-state index contributed by atoms with van der Waals surface area (Å²) >= 11 is 0. The molecule has 0 aromatic rings. The van der Waals surface area contributed by atoms with E-state index >= 15 is 0 Å². The van der Waals surface area contributed by atoms with Gasteiger partial charge in [-0.15, -0.1) is 0 Å². The Hall–Kier alpha value is -0.900. The third kappa shape index (κ3) is 7.92. The molecule has 1 N–H and O–H groups in total. The van der Waals surface area contributed by atoms with Crippen LogP contribution in [0.2, 0.25) is 0 Å². The van der Waals surface area contributed by atoms with Gasteiger partial charge in [0.05, 0.1) is 5.60 Å². The largest absolute Gasteiger partial charge is 0.375 e. The van der Waals surface area contributed by atoms with Gasteiger partial charge in [-0.05, 0) is 26.7 Å². The summed E-state index contributed by atoms with van der Waals surface area (Å²) in [4.78, 5) is 23.7. The van der Waals surface area contributed by atoms with E-state index in [0.717, 1.165) is 6.42 Å². The molecule has 22 heavy (non-hydrogen) atoms. The molecule has 0 aliphatic heterocycles. The maximum absolute atomic E-state index is 12.1. The highest BCUT2D eigenvalue weighted by Gasteiger charge is 2.30. The summed E-state index contributed by atoms with van der Waals surface area (Å²) in [7, 11) is 0. The molecule has 0 radical (unpaired) electrons. The van der Waals surface area contributed by atoms with Crippen LogP contribution >= 0.6 is 0 Å². The molecular formula is C18H35NO3. The minimum absolute atomic E-state index is 0.00637. The molecule has 1 amide bonds. The lowest BCUT2D eigenvalue weighted by molar-refractivity contribution is -0.132. The van der Waals surface area contributed by atoms with Crippen LogP contribution in [-0.4, -0.2) is 30.4 Å². The minimum atomic E-state index is -0.351. The first-order valence-corrected chi connectivity index (χ1v) is 8.35. The highest BCUT2D eigenvalue weighted by Crippen LogP contribution is 2.26. The summed E-state index contributed by atoms with van der Waals surface area (Å²) in [5.74, 6) is 0.402. The molecule has 0 saturated carbocycles. The first-order chi connectivity index (χ1) is 9.89. The predicted octanol–water partition coefficient (Wildman–Crippen LogP) is 3.59. The van der Waals surface area contributed by atoms with Crippen LogP contribution in [0.4, 0.5) is 0 Å². The van der Waals surface area contributed by atoms with E-state index in [0.29, 0.717) is 19.6 Å². The summed E-state index contributed by atoms with van der Waals surface area (Å²) in [6.07, 6.45) is 1.47. The molecule has 0 rings (SSSR count). The SMILES string of the molecule is CC(C)C(=O)NCCC(C)(C)OCCC(C)(C)C(=O)C(C)C. The van der Waals surface area contributed by atoms with E-state index in [1.54, 1.807) is 0 Å². The predicted molar refractivity (Wildman–Crippen MR) is 90.7 cm³/mol. The van der Waals surface area contributed by atoms with Crippen molar-refractivity contribution >= 4 is 11.7 Å². The van der Waals surface area contributed by atoms with E-state index < -0.39 is 0 Å². The van der Waals surface area contributed by atoms with E-state index in [-0.39, 0.29) is 34.5 Å². The molecule has 0 unspecified atom stereocenters. The van der Waals surface area contributed by atoms with Crippen molar-refractivity contribution in [1.29, 1.82) is 0 Å². The van der Waals surface area contributed by atoms with Crippen LogP contribution in [0.5, 0.6) is 0 Å². The zero-order valence-corrected chi connectivity index (χ0v) is 15.7. The molecule has 0 aromatic carbocycles. The van der Waals surface area contributed by atoms with Gasteiger partial charge in [-0.1, -0.05) is 41.5 Å². The number of ether oxygens (including phenoxy) is 1. The van der Waals surface area contributed by atoms with E-state index in [9.17, 15) is 9.59 Å². The molecule has 0 aromatic heterocycles. The van der Waals surface area contributed by atoms with Gasteiger partial charge in [0.1, 0.15) is 5.78 Å². The van der Waals surface area contributed by atoms with Gasteiger partial charge in [0.15, 0.2) is 0 Å². The van der Waals surface area contributed by atoms with Gasteiger partial charge < -0.3 is 10.1 Å². The molecule has 4 nitrogen and oxygen atoms in total. The molecule has 4 heteroatoms. The van der Waals surface area contributed by atoms with Crippen molar-refractivity contribution < 1.29 is 14.3 Å². The monoisotopic (exact) mass is 313 g/mol. The van der Waals surface area contributed by atoms with Gasteiger partial charge in [0.2, 0.25) is 5.91 Å². The summed E-state index contributed by atoms with van der Waals surface area (Å²) in [5.41, 5.74) is -0.655. The molecule has 0 saturated heterocycles. The smallest absolute Gasteiger partial charge is 0.222 e. The maximum Gasteiger partial charge on any atom is 0.222 e. The van der Waals surface area contributed by atoms with E-state index in [1.807, 2.05) is 55.4 Å². The lowest BCUT2D eigenvalue weighted by Gasteiger charge is -2.30. The highest BCUT2D eigenvalue weighted by atomic mass is 16.5. The minimum Gasteiger partial charge on any atom is -0.375 e. The zero-order valence-electron chi connectivity index (χ0n) is 15.7. The Morgan fingerprint density at radius 3 is 1.95 bits per heavy atom. The quantitative estimate of drug-likeness (QED) is 0.670. The zero-order chi connectivity index (χ0) is 17.6. The average Bonchev–Trinajstić information content (AvgIpc) is 2.36. The van der Waals surface area contributed by atoms with Gasteiger partial charge >= 0.3 is 0 Å². The van der Waals surface area contributed by atoms with Crippen LogP contribution in [-0.2, 0) is 14.3 Å². The highest BCUT2D eigenvalue weighted by molar-refractivity contribution is 5.85. The van der Waals surface area contributed by atoms with Gasteiger partial charge in [-0.2, -0.15) is 0 Å². The topological polar surface area (TPSA) is 55.4 Å². The molecule has 130 valence electrons. The number of carbonyl (C=O) groups is 2. The first kappa shape index (κ1) is 21.1. The van der Waals surface area contributed by atoms with Gasteiger partial charge in [-0.25, -0.2) is 0 Å². The standard InChI is InChI=1S/C18H35NO3/c1-13(2)15(20)17(5,6)10-12-22-18(7,8)9-11-19-16(21)14(3)4/h13-14H,9-12H2,1-8H3,(H,19,21). The van der Waals surface area contributed by atoms with Crippen LogP contribution in [0, 0.1) is 17.3 Å². The Morgan fingerprint density at radius 1 is 0.955 bits per heavy atom. The Balaban J connectivity index is 4.17. The summed E-state index contributed by atoms with van der Waals surface area (Å²) < 4.78 is 5.93. The molecular weight excluding hydrogens is 278 g/mol. The van der Waals surface area contributed by atoms with Crippen molar-refractivity contribution in [3.8, 4) is 0 Å². The lowest BCUT2D eigenvalue weighted by atomic mass is 9.80. The van der Waals surface area contributed by atoms with E-state index in [2.05, 4.69) is 5.32 Å². The normalized spacial score (nSPS) is 12.8. The average molecular weight is 313 g/mol. The molecule has 0 aliphatic rings. The fourth-order valence-corrected chi connectivity index (χ4v) is 2.25. The summed E-state index contributed by atoms with van der Waals surface area (Å²) in [6, 6.07) is 0. The fraction of sp³-hybridized carbons (Fsp3) is 0.889. The van der Waals surface area contributed by atoms with Crippen molar-refractivity contribution in [3.63, 3.8) is 0 Å². The molecule has 0 aliphatic carbocycles. The van der Waals surface area contributed by atoms with Crippen molar-refractivity contribution in [3.05, 3.63) is 0 Å². The Kier molecular flexibility index (Phi) is 8.30. The van der Waals surface area contributed by atoms with Crippen LogP contribution in [0.15, 0.2) is 0 Å². The molecule has 0 atom stereocenters. The van der Waals surface area contributed by atoms with Crippen molar-refractivity contribution in [2.45, 2.75) is 73.8 Å². The fourth-order valence-electron chi connectivity index (χ4n) is 2.25. The summed E-state index contributed by atoms with van der Waals surface area (Å²) in [6.45, 7) is 16.8. The second-order valence-electron chi connectivity index (χ2n) is 7.96. The number of rotatable bonds is 10. The second kappa shape index (κ2) is 8.66. The van der Waals surface area contributed by atoms with E-state index in [4.69, 9.17) is 4.74 Å². The van der Waals surface area contributed by atoms with Gasteiger partial charge in [0, 0.05) is 30.4 Å². The Morgan fingerprint density at radius 2 is 1.50 bits per heavy atom. The molecule has 0 fully saturated rings. The maximum atomic E-state index is 12.1. The Bertz CT molecular complexity index is 371. The van der Waals surface area contributed by atoms with Crippen LogP contribution in [0.1, 0.15) is 68.2 Å². The number of hydrogen-bond donors (Lipinski definition) is 1. The van der Waals surface area contributed by atoms with E-state index in [1.165, 1.54) is 0 Å². The molecule has 0 spiro atoms. The second-order valence-corrected chi connectivity index (χ2v) is 7.96. The number of nitrogens with one attached hydrogen (secondary N) is 1. The van der Waals surface area contributed by atoms with Crippen LogP contribution < -0.4 is 5.32 Å². The third-order valence-electron chi connectivity index (χ3n) is 3.96. The molecule has 0 bridgehead atoms. The number of amides is 1.